The summed E-state index contributed by atoms with van der Waals surface area (Å²) in [7, 11) is 0. The maximum Gasteiger partial charge on any atom is 0.0548 e. The van der Waals surface area contributed by atoms with Crippen molar-refractivity contribution in [1.82, 2.24) is 0 Å². The molecule has 0 heterocycles. The van der Waals surface area contributed by atoms with Crippen LogP contribution in [0, 0.1) is 5.41 Å². The maximum absolute atomic E-state index is 8.60. The van der Waals surface area contributed by atoms with Gasteiger partial charge in [-0.25, -0.2) is 0 Å². The van der Waals surface area contributed by atoms with Crippen LogP contribution < -0.4 is 0 Å². The van der Waals surface area contributed by atoms with Crippen molar-refractivity contribution in [2.24, 2.45) is 10.6 Å². The molecule has 0 amide bonds. The van der Waals surface area contributed by atoms with Gasteiger partial charge in [-0.1, -0.05) is 37.2 Å². The summed E-state index contributed by atoms with van der Waals surface area (Å²) >= 11 is 0. The van der Waals surface area contributed by atoms with Crippen LogP contribution in [0.5, 0.6) is 0 Å². The number of nitrogens with zero attached hydrogens (tertiary/aromatic N) is 1. The fourth-order valence-electron chi connectivity index (χ4n) is 1.33. The van der Waals surface area contributed by atoms with Crippen LogP contribution in [0.4, 0.5) is 0 Å². The Labute approximate surface area is 87.0 Å². The molecule has 0 atom stereocenters. The van der Waals surface area contributed by atoms with Crippen molar-refractivity contribution in [3.63, 3.8) is 0 Å². The summed E-state index contributed by atoms with van der Waals surface area (Å²) in [6.07, 6.45) is 2.80. The van der Waals surface area contributed by atoms with E-state index in [4.69, 9.17) is 5.21 Å². The third-order valence-electron chi connectivity index (χ3n) is 2.20. The highest BCUT2D eigenvalue weighted by Crippen LogP contribution is 2.31. The van der Waals surface area contributed by atoms with Crippen molar-refractivity contribution in [3.05, 3.63) is 23.8 Å². The number of allylic oxidation sites excluding steroid dienone is 3. The van der Waals surface area contributed by atoms with Crippen LogP contribution in [0.25, 0.3) is 0 Å². The summed E-state index contributed by atoms with van der Waals surface area (Å²) in [6.45, 7) is 14.2. The number of hydrogen-bond acceptors (Lipinski definition) is 2. The van der Waals surface area contributed by atoms with Gasteiger partial charge in [0.1, 0.15) is 0 Å². The van der Waals surface area contributed by atoms with Crippen LogP contribution in [-0.2, 0) is 0 Å². The van der Waals surface area contributed by atoms with Gasteiger partial charge in [0, 0.05) is 0 Å². The van der Waals surface area contributed by atoms with E-state index in [0.717, 1.165) is 17.7 Å². The highest BCUT2D eigenvalue weighted by molar-refractivity contribution is 5.82. The molecule has 0 aromatic heterocycles. The molecule has 0 saturated heterocycles. The van der Waals surface area contributed by atoms with E-state index in [1.165, 1.54) is 5.57 Å². The van der Waals surface area contributed by atoms with E-state index < -0.39 is 0 Å². The second-order valence-corrected chi connectivity index (χ2v) is 4.64. The van der Waals surface area contributed by atoms with Gasteiger partial charge in [0.2, 0.25) is 0 Å². The van der Waals surface area contributed by atoms with Gasteiger partial charge in [0.05, 0.1) is 5.71 Å². The number of rotatable bonds is 4. The molecule has 0 fully saturated rings. The molecule has 0 aliphatic carbocycles. The van der Waals surface area contributed by atoms with E-state index in [1.54, 1.807) is 0 Å². The molecule has 2 heteroatoms. The van der Waals surface area contributed by atoms with Crippen molar-refractivity contribution >= 4 is 5.71 Å². The second kappa shape index (κ2) is 4.99. The minimum atomic E-state index is -0.0480. The average Bonchev–Trinajstić information content (AvgIpc) is 2.02. The molecule has 0 rings (SSSR count). The van der Waals surface area contributed by atoms with Crippen LogP contribution >= 0.6 is 0 Å². The molecule has 0 aromatic carbocycles. The number of hydrogen-bond donors (Lipinski definition) is 1. The van der Waals surface area contributed by atoms with Gasteiger partial charge in [-0.15, -0.1) is 0 Å². The lowest BCUT2D eigenvalue weighted by molar-refractivity contribution is 0.314. The van der Waals surface area contributed by atoms with E-state index in [9.17, 15) is 0 Å². The summed E-state index contributed by atoms with van der Waals surface area (Å²) < 4.78 is 0. The SMILES string of the molecule is C=C(C=C(C)C)C(C)(C)CC(C)=NO. The normalized spacial score (nSPS) is 12.5. The molecule has 0 bridgehead atoms. The molecule has 0 aliphatic rings. The molecule has 0 saturated carbocycles. The Kier molecular flexibility index (Phi) is 4.61. The van der Waals surface area contributed by atoms with Gasteiger partial charge in [0.25, 0.3) is 0 Å². The van der Waals surface area contributed by atoms with Crippen molar-refractivity contribution in [2.45, 2.75) is 41.0 Å². The molecule has 0 aliphatic heterocycles. The van der Waals surface area contributed by atoms with Crippen LogP contribution in [0.1, 0.15) is 41.0 Å². The highest BCUT2D eigenvalue weighted by Gasteiger charge is 2.21. The first-order valence-corrected chi connectivity index (χ1v) is 4.81. The molecule has 0 aromatic rings. The van der Waals surface area contributed by atoms with Gasteiger partial charge < -0.3 is 5.21 Å². The van der Waals surface area contributed by atoms with Gasteiger partial charge in [0.15, 0.2) is 0 Å². The zero-order valence-electron chi connectivity index (χ0n) is 9.89. The third kappa shape index (κ3) is 4.26. The first-order chi connectivity index (χ1) is 6.29. The van der Waals surface area contributed by atoms with E-state index >= 15 is 0 Å². The molecular weight excluding hydrogens is 174 g/mol. The first kappa shape index (κ1) is 12.9. The van der Waals surface area contributed by atoms with Gasteiger partial charge >= 0.3 is 0 Å². The van der Waals surface area contributed by atoms with Crippen LogP contribution in [-0.4, -0.2) is 10.9 Å². The van der Waals surface area contributed by atoms with Crippen LogP contribution in [0.15, 0.2) is 29.0 Å². The fraction of sp³-hybridized carbons (Fsp3) is 0.583. The predicted octanol–water partition coefficient (Wildman–Crippen LogP) is 3.78. The topological polar surface area (TPSA) is 32.6 Å². The van der Waals surface area contributed by atoms with Crippen LogP contribution in [0.3, 0.4) is 0 Å². The van der Waals surface area contributed by atoms with Crippen molar-refractivity contribution in [1.29, 1.82) is 0 Å². The summed E-state index contributed by atoms with van der Waals surface area (Å²) in [6, 6.07) is 0. The molecule has 1 N–H and O–H groups in total. The summed E-state index contributed by atoms with van der Waals surface area (Å²) in [5.74, 6) is 0. The van der Waals surface area contributed by atoms with E-state index in [1.807, 2.05) is 20.8 Å². The lowest BCUT2D eigenvalue weighted by Crippen LogP contribution is -2.17. The first-order valence-electron chi connectivity index (χ1n) is 4.81. The van der Waals surface area contributed by atoms with E-state index in [-0.39, 0.29) is 5.41 Å². The summed E-state index contributed by atoms with van der Waals surface area (Å²) in [5.41, 5.74) is 2.99. The average molecular weight is 195 g/mol. The summed E-state index contributed by atoms with van der Waals surface area (Å²) in [4.78, 5) is 0. The van der Waals surface area contributed by atoms with Crippen molar-refractivity contribution in [2.75, 3.05) is 0 Å². The molecule has 0 spiro atoms. The minimum absolute atomic E-state index is 0.0480. The Morgan fingerprint density at radius 2 is 1.86 bits per heavy atom. The van der Waals surface area contributed by atoms with Gasteiger partial charge in [-0.3, -0.25) is 0 Å². The zero-order valence-corrected chi connectivity index (χ0v) is 9.89. The zero-order chi connectivity index (χ0) is 11.4. The van der Waals surface area contributed by atoms with Crippen molar-refractivity contribution in [3.8, 4) is 0 Å². The standard InChI is InChI=1S/C12H21NO/c1-9(2)7-10(3)12(5,6)8-11(4)13-14/h7,14H,3,8H2,1-2,4-6H3. The third-order valence-corrected chi connectivity index (χ3v) is 2.20. The Morgan fingerprint density at radius 1 is 1.36 bits per heavy atom. The maximum atomic E-state index is 8.60. The van der Waals surface area contributed by atoms with Crippen molar-refractivity contribution < 1.29 is 5.21 Å². The fourth-order valence-corrected chi connectivity index (χ4v) is 1.33. The van der Waals surface area contributed by atoms with Crippen LogP contribution in [0.2, 0.25) is 0 Å². The lowest BCUT2D eigenvalue weighted by atomic mass is 9.80. The molecule has 80 valence electrons. The number of oxime groups is 1. The monoisotopic (exact) mass is 195 g/mol. The van der Waals surface area contributed by atoms with Gasteiger partial charge in [-0.05, 0) is 38.2 Å². The smallest absolute Gasteiger partial charge is 0.0548 e. The largest absolute Gasteiger partial charge is 0.411 e. The second-order valence-electron chi connectivity index (χ2n) is 4.64. The Morgan fingerprint density at radius 3 is 2.21 bits per heavy atom. The van der Waals surface area contributed by atoms with E-state index in [2.05, 4.69) is 31.7 Å². The molecule has 0 radical (unpaired) electrons. The molecular formula is C12H21NO. The Balaban J connectivity index is 4.62. The predicted molar refractivity (Wildman–Crippen MR) is 61.9 cm³/mol. The molecule has 2 nitrogen and oxygen atoms in total. The highest BCUT2D eigenvalue weighted by atomic mass is 16.4. The van der Waals surface area contributed by atoms with E-state index in [0.29, 0.717) is 0 Å². The molecule has 14 heavy (non-hydrogen) atoms. The van der Waals surface area contributed by atoms with Gasteiger partial charge in [-0.2, -0.15) is 0 Å². The quantitative estimate of drug-likeness (QED) is 0.315. The Bertz CT molecular complexity index is 268. The minimum Gasteiger partial charge on any atom is -0.411 e. The molecule has 0 unspecified atom stereocenters. The lowest BCUT2D eigenvalue weighted by Gasteiger charge is -2.25. The summed E-state index contributed by atoms with van der Waals surface area (Å²) in [5, 5.41) is 11.8. The Hall–Kier alpha value is -1.05.